The molecule has 0 radical (unpaired) electrons. The Morgan fingerprint density at radius 3 is 1.40 bits per heavy atom. The molecule has 0 aliphatic rings. The normalized spacial score (nSPS) is 13.7. The first kappa shape index (κ1) is 51.8. The van der Waals surface area contributed by atoms with Crippen LogP contribution in [0.25, 0.3) is 0 Å². The summed E-state index contributed by atoms with van der Waals surface area (Å²) in [6, 6.07) is 0. The van der Waals surface area contributed by atoms with Gasteiger partial charge in [-0.1, -0.05) is 161 Å². The Morgan fingerprint density at radius 2 is 0.962 bits per heavy atom. The third-order valence-corrected chi connectivity index (χ3v) is 10.5. The van der Waals surface area contributed by atoms with Crippen molar-refractivity contribution in [2.45, 2.75) is 206 Å². The highest BCUT2D eigenvalue weighted by Gasteiger charge is 2.27. The zero-order chi connectivity index (χ0) is 39.3. The van der Waals surface area contributed by atoms with Gasteiger partial charge in [0.25, 0.3) is 0 Å². The van der Waals surface area contributed by atoms with Crippen molar-refractivity contribution in [3.8, 4) is 0 Å². The van der Waals surface area contributed by atoms with Gasteiger partial charge < -0.3 is 18.9 Å². The van der Waals surface area contributed by atoms with Crippen LogP contribution >= 0.6 is 7.82 Å². The number of carbonyl (C=O) groups excluding carboxylic acids is 2. The van der Waals surface area contributed by atoms with Crippen LogP contribution in [0.2, 0.25) is 0 Å². The maximum atomic E-state index is 12.7. The molecule has 314 valence electrons. The van der Waals surface area contributed by atoms with Crippen LogP contribution in [0.15, 0.2) is 12.2 Å². The van der Waals surface area contributed by atoms with Crippen molar-refractivity contribution in [2.75, 3.05) is 47.5 Å². The molecule has 0 fully saturated rings. The minimum absolute atomic E-state index is 0.0335. The molecule has 2 atom stereocenters. The molecule has 0 aromatic heterocycles. The fourth-order valence-electron chi connectivity index (χ4n) is 6.07. The number of likely N-dealkylation sites (N-methyl/N-ethyl adjacent to an activating group) is 1. The standard InChI is InChI=1S/C43H84NO8P/c1-6-8-10-12-14-16-18-20-22-24-26-28-30-32-34-36-43(46)52-41(40-51-53(47,48)50-38-37-44(3,4)5)39-49-42(45)35-33-31-29-27-25-23-21-19-17-15-13-11-9-7-2/h19,21,41H,6-18,20,22-40H2,1-5H3/p+1/b21-19-. The van der Waals surface area contributed by atoms with Gasteiger partial charge in [0.2, 0.25) is 0 Å². The van der Waals surface area contributed by atoms with E-state index in [4.69, 9.17) is 18.5 Å². The lowest BCUT2D eigenvalue weighted by atomic mass is 10.0. The number of phosphoric ester groups is 1. The molecule has 1 N–H and O–H groups in total. The van der Waals surface area contributed by atoms with Crippen LogP contribution in [0.3, 0.4) is 0 Å². The van der Waals surface area contributed by atoms with E-state index in [9.17, 15) is 19.0 Å². The third-order valence-electron chi connectivity index (χ3n) is 9.55. The molecule has 0 aromatic carbocycles. The van der Waals surface area contributed by atoms with Crippen molar-refractivity contribution in [1.82, 2.24) is 0 Å². The number of rotatable bonds is 40. The summed E-state index contributed by atoms with van der Waals surface area (Å²) in [7, 11) is 1.48. The van der Waals surface area contributed by atoms with Crippen molar-refractivity contribution in [3.63, 3.8) is 0 Å². The van der Waals surface area contributed by atoms with Gasteiger partial charge >= 0.3 is 19.8 Å². The third kappa shape index (κ3) is 40.2. The molecule has 0 aliphatic carbocycles. The first-order valence-electron chi connectivity index (χ1n) is 21.9. The average molecular weight is 775 g/mol. The summed E-state index contributed by atoms with van der Waals surface area (Å²) in [5, 5.41) is 0. The van der Waals surface area contributed by atoms with E-state index in [0.717, 1.165) is 51.4 Å². The van der Waals surface area contributed by atoms with Crippen molar-refractivity contribution in [2.24, 2.45) is 0 Å². The fourth-order valence-corrected chi connectivity index (χ4v) is 6.81. The second-order valence-corrected chi connectivity index (χ2v) is 17.5. The highest BCUT2D eigenvalue weighted by atomic mass is 31.2. The minimum Gasteiger partial charge on any atom is -0.462 e. The van der Waals surface area contributed by atoms with Crippen LogP contribution in [-0.4, -0.2) is 74.9 Å². The van der Waals surface area contributed by atoms with Gasteiger partial charge in [-0.15, -0.1) is 0 Å². The lowest BCUT2D eigenvalue weighted by Gasteiger charge is -2.24. The zero-order valence-electron chi connectivity index (χ0n) is 35.3. The second-order valence-electron chi connectivity index (χ2n) is 16.1. The van der Waals surface area contributed by atoms with E-state index in [2.05, 4.69) is 26.0 Å². The zero-order valence-corrected chi connectivity index (χ0v) is 36.2. The van der Waals surface area contributed by atoms with Gasteiger partial charge in [0.05, 0.1) is 27.7 Å². The molecular weight excluding hydrogens is 689 g/mol. The highest BCUT2D eigenvalue weighted by molar-refractivity contribution is 7.47. The van der Waals surface area contributed by atoms with Crippen molar-refractivity contribution in [3.05, 3.63) is 12.2 Å². The lowest BCUT2D eigenvalue weighted by molar-refractivity contribution is -0.870. The summed E-state index contributed by atoms with van der Waals surface area (Å²) in [5.74, 6) is -0.799. The summed E-state index contributed by atoms with van der Waals surface area (Å²) in [4.78, 5) is 35.3. The van der Waals surface area contributed by atoms with Crippen LogP contribution in [0.1, 0.15) is 200 Å². The van der Waals surface area contributed by atoms with E-state index in [1.807, 2.05) is 21.1 Å². The van der Waals surface area contributed by atoms with Gasteiger partial charge in [-0.3, -0.25) is 18.6 Å². The monoisotopic (exact) mass is 775 g/mol. The van der Waals surface area contributed by atoms with E-state index in [-0.39, 0.29) is 32.0 Å². The van der Waals surface area contributed by atoms with Crippen molar-refractivity contribution >= 4 is 19.8 Å². The predicted molar refractivity (Wildman–Crippen MR) is 220 cm³/mol. The molecule has 9 nitrogen and oxygen atoms in total. The molecule has 0 rings (SSSR count). The molecule has 0 aromatic rings. The van der Waals surface area contributed by atoms with E-state index >= 15 is 0 Å². The van der Waals surface area contributed by atoms with Gasteiger partial charge in [0.15, 0.2) is 6.10 Å². The molecule has 0 spiro atoms. The average Bonchev–Trinajstić information content (AvgIpc) is 3.10. The van der Waals surface area contributed by atoms with E-state index in [1.165, 1.54) is 116 Å². The maximum absolute atomic E-state index is 12.7. The number of hydrogen-bond donors (Lipinski definition) is 1. The summed E-state index contributed by atoms with van der Waals surface area (Å²) in [6.45, 7) is 4.42. The molecular formula is C43H85NO8P+. The minimum atomic E-state index is -4.37. The van der Waals surface area contributed by atoms with Gasteiger partial charge in [-0.05, 0) is 38.5 Å². The van der Waals surface area contributed by atoms with Crippen LogP contribution in [0, 0.1) is 0 Å². The topological polar surface area (TPSA) is 108 Å². The van der Waals surface area contributed by atoms with Crippen LogP contribution < -0.4 is 0 Å². The van der Waals surface area contributed by atoms with Crippen LogP contribution in [-0.2, 0) is 32.7 Å². The maximum Gasteiger partial charge on any atom is 0.472 e. The molecule has 0 bridgehead atoms. The first-order valence-corrected chi connectivity index (χ1v) is 23.4. The lowest BCUT2D eigenvalue weighted by Crippen LogP contribution is -2.37. The molecule has 2 unspecified atom stereocenters. The molecule has 0 saturated heterocycles. The number of nitrogens with zero attached hydrogens (tertiary/aromatic N) is 1. The SMILES string of the molecule is CCCCCCC/C=C\CCCCCCCC(=O)OCC(COP(=O)(O)OCC[N+](C)(C)C)OC(=O)CCCCCCCCCCCCCCCCC. The quantitative estimate of drug-likeness (QED) is 0.0215. The van der Waals surface area contributed by atoms with Crippen molar-refractivity contribution < 1.29 is 42.1 Å². The van der Waals surface area contributed by atoms with E-state index in [1.54, 1.807) is 0 Å². The predicted octanol–water partition coefficient (Wildman–Crippen LogP) is 12.2. The number of ether oxygens (including phenoxy) is 2. The van der Waals surface area contributed by atoms with Gasteiger partial charge in [0.1, 0.15) is 19.8 Å². The number of allylic oxidation sites excluding steroid dienone is 2. The number of quaternary nitrogens is 1. The Balaban J connectivity index is 4.35. The number of phosphoric acid groups is 1. The number of hydrogen-bond acceptors (Lipinski definition) is 7. The molecule has 53 heavy (non-hydrogen) atoms. The van der Waals surface area contributed by atoms with E-state index < -0.39 is 26.5 Å². The van der Waals surface area contributed by atoms with Gasteiger partial charge in [-0.2, -0.15) is 0 Å². The number of unbranched alkanes of at least 4 members (excludes halogenated alkanes) is 24. The molecule has 0 amide bonds. The number of carbonyl (C=O) groups is 2. The Hall–Kier alpha value is -1.25. The van der Waals surface area contributed by atoms with Crippen LogP contribution in [0.5, 0.6) is 0 Å². The van der Waals surface area contributed by atoms with E-state index in [0.29, 0.717) is 17.4 Å². The largest absolute Gasteiger partial charge is 0.472 e. The second kappa shape index (κ2) is 36.4. The Bertz CT molecular complexity index is 922. The number of esters is 2. The molecule has 0 heterocycles. The highest BCUT2D eigenvalue weighted by Crippen LogP contribution is 2.43. The summed E-state index contributed by atoms with van der Waals surface area (Å²) in [5.41, 5.74) is 0. The van der Waals surface area contributed by atoms with Crippen molar-refractivity contribution in [1.29, 1.82) is 0 Å². The Morgan fingerprint density at radius 1 is 0.566 bits per heavy atom. The van der Waals surface area contributed by atoms with Crippen LogP contribution in [0.4, 0.5) is 0 Å². The smallest absolute Gasteiger partial charge is 0.462 e. The first-order chi connectivity index (χ1) is 25.5. The summed E-state index contributed by atoms with van der Waals surface area (Å²) < 4.78 is 34.3. The Kier molecular flexibility index (Phi) is 35.5. The fraction of sp³-hybridized carbons (Fsp3) is 0.907. The Labute approximate surface area is 326 Å². The molecule has 0 aliphatic heterocycles. The van der Waals surface area contributed by atoms with Gasteiger partial charge in [-0.25, -0.2) is 4.57 Å². The summed E-state index contributed by atoms with van der Waals surface area (Å²) in [6.07, 6.45) is 36.8. The molecule has 10 heteroatoms. The molecule has 0 saturated carbocycles. The van der Waals surface area contributed by atoms with Gasteiger partial charge in [0, 0.05) is 12.8 Å². The summed E-state index contributed by atoms with van der Waals surface area (Å²) >= 11 is 0.